The van der Waals surface area contributed by atoms with Gasteiger partial charge in [0.2, 0.25) is 5.91 Å². The number of rotatable bonds is 2. The van der Waals surface area contributed by atoms with E-state index in [1.54, 1.807) is 19.0 Å². The van der Waals surface area contributed by atoms with Crippen LogP contribution in [0.3, 0.4) is 0 Å². The number of hydrogen-bond donors (Lipinski definition) is 2. The molecule has 0 heterocycles. The number of nitrogens with zero attached hydrogens (tertiary/aromatic N) is 1. The molecule has 1 rings (SSSR count). The first-order valence-electron chi connectivity index (χ1n) is 7.06. The predicted molar refractivity (Wildman–Crippen MR) is 77.2 cm³/mol. The van der Waals surface area contributed by atoms with Crippen LogP contribution in [-0.2, 0) is 9.53 Å². The van der Waals surface area contributed by atoms with E-state index in [4.69, 9.17) is 10.5 Å². The smallest absolute Gasteiger partial charge is 0.407 e. The predicted octanol–water partition coefficient (Wildman–Crippen LogP) is 1.10. The van der Waals surface area contributed by atoms with E-state index >= 15 is 0 Å². The van der Waals surface area contributed by atoms with Crippen LogP contribution in [0.1, 0.15) is 40.0 Å². The van der Waals surface area contributed by atoms with Gasteiger partial charge in [0.1, 0.15) is 5.60 Å². The fourth-order valence-electron chi connectivity index (χ4n) is 2.43. The first kappa shape index (κ1) is 16.8. The van der Waals surface area contributed by atoms with Crippen LogP contribution in [-0.4, -0.2) is 48.7 Å². The molecular weight excluding hydrogens is 258 g/mol. The summed E-state index contributed by atoms with van der Waals surface area (Å²) in [6.07, 6.45) is 1.59. The third kappa shape index (κ3) is 5.00. The summed E-state index contributed by atoms with van der Waals surface area (Å²) in [6.45, 7) is 5.46. The van der Waals surface area contributed by atoms with Gasteiger partial charge in [-0.1, -0.05) is 0 Å². The highest BCUT2D eigenvalue weighted by molar-refractivity contribution is 5.78. The van der Waals surface area contributed by atoms with Crippen LogP contribution < -0.4 is 11.1 Å². The Hall–Kier alpha value is -1.30. The van der Waals surface area contributed by atoms with Gasteiger partial charge in [-0.05, 0) is 40.0 Å². The van der Waals surface area contributed by atoms with Crippen molar-refractivity contribution >= 4 is 12.0 Å². The van der Waals surface area contributed by atoms with E-state index in [1.165, 1.54) is 0 Å². The Kier molecular flexibility index (Phi) is 5.39. The molecule has 0 saturated heterocycles. The molecule has 20 heavy (non-hydrogen) atoms. The normalized spacial score (nSPS) is 26.8. The second-order valence-corrected chi connectivity index (χ2v) is 6.66. The van der Waals surface area contributed by atoms with Crippen molar-refractivity contribution in [2.75, 3.05) is 14.1 Å². The highest BCUT2D eigenvalue weighted by atomic mass is 16.6. The number of ether oxygens (including phenoxy) is 1. The monoisotopic (exact) mass is 285 g/mol. The minimum Gasteiger partial charge on any atom is -0.444 e. The minimum atomic E-state index is -0.522. The van der Waals surface area contributed by atoms with E-state index < -0.39 is 11.7 Å². The Morgan fingerprint density at radius 1 is 1.25 bits per heavy atom. The zero-order chi connectivity index (χ0) is 15.5. The second kappa shape index (κ2) is 6.43. The highest BCUT2D eigenvalue weighted by Crippen LogP contribution is 2.25. The maximum atomic E-state index is 11.9. The van der Waals surface area contributed by atoms with Crippen molar-refractivity contribution in [3.63, 3.8) is 0 Å². The largest absolute Gasteiger partial charge is 0.444 e. The van der Waals surface area contributed by atoms with Crippen molar-refractivity contribution < 1.29 is 14.3 Å². The van der Waals surface area contributed by atoms with Gasteiger partial charge in [0.05, 0.1) is 0 Å². The number of alkyl carbamates (subject to hydrolysis) is 1. The van der Waals surface area contributed by atoms with Gasteiger partial charge in [0.25, 0.3) is 0 Å². The summed E-state index contributed by atoms with van der Waals surface area (Å²) in [5.74, 6) is 0.0628. The third-order valence-electron chi connectivity index (χ3n) is 3.39. The third-order valence-corrected chi connectivity index (χ3v) is 3.39. The van der Waals surface area contributed by atoms with Crippen LogP contribution in [0.25, 0.3) is 0 Å². The summed E-state index contributed by atoms with van der Waals surface area (Å²) >= 11 is 0. The molecule has 3 atom stereocenters. The molecule has 6 nitrogen and oxygen atoms in total. The van der Waals surface area contributed by atoms with Crippen LogP contribution in [0.15, 0.2) is 0 Å². The molecule has 0 aromatic carbocycles. The van der Waals surface area contributed by atoms with Crippen LogP contribution in [0.4, 0.5) is 4.79 Å². The van der Waals surface area contributed by atoms with E-state index in [9.17, 15) is 9.59 Å². The van der Waals surface area contributed by atoms with Gasteiger partial charge >= 0.3 is 6.09 Å². The molecule has 0 bridgehead atoms. The van der Waals surface area contributed by atoms with Gasteiger partial charge in [0, 0.05) is 32.1 Å². The SMILES string of the molecule is CN(C)C(=O)[C@H]1CC[C@@H](NC(=O)OC(C)(C)C)[C@H](N)C1. The molecule has 0 unspecified atom stereocenters. The summed E-state index contributed by atoms with van der Waals surface area (Å²) in [5, 5.41) is 2.80. The Morgan fingerprint density at radius 3 is 2.30 bits per heavy atom. The summed E-state index contributed by atoms with van der Waals surface area (Å²) in [7, 11) is 3.50. The highest BCUT2D eigenvalue weighted by Gasteiger charge is 2.34. The lowest BCUT2D eigenvalue weighted by Gasteiger charge is -2.35. The van der Waals surface area contributed by atoms with Crippen LogP contribution >= 0.6 is 0 Å². The Bertz CT molecular complexity index is 363. The van der Waals surface area contributed by atoms with Crippen molar-refractivity contribution in [1.29, 1.82) is 0 Å². The average molecular weight is 285 g/mol. The lowest BCUT2D eigenvalue weighted by Crippen LogP contribution is -2.53. The van der Waals surface area contributed by atoms with Gasteiger partial charge in [-0.15, -0.1) is 0 Å². The number of amides is 2. The number of hydrogen-bond acceptors (Lipinski definition) is 4. The van der Waals surface area contributed by atoms with Gasteiger partial charge < -0.3 is 20.7 Å². The molecule has 6 heteroatoms. The van der Waals surface area contributed by atoms with Gasteiger partial charge in [-0.25, -0.2) is 4.79 Å². The summed E-state index contributed by atoms with van der Waals surface area (Å²) in [4.78, 5) is 25.2. The first-order valence-corrected chi connectivity index (χ1v) is 7.06. The average Bonchev–Trinajstić information content (AvgIpc) is 2.28. The molecular formula is C14H27N3O3. The van der Waals surface area contributed by atoms with E-state index in [0.29, 0.717) is 12.8 Å². The fourth-order valence-corrected chi connectivity index (χ4v) is 2.43. The van der Waals surface area contributed by atoms with Crippen LogP contribution in [0.2, 0.25) is 0 Å². The quantitative estimate of drug-likeness (QED) is 0.795. The zero-order valence-electron chi connectivity index (χ0n) is 13.1. The summed E-state index contributed by atoms with van der Waals surface area (Å²) in [5.41, 5.74) is 5.56. The molecule has 0 spiro atoms. The van der Waals surface area contributed by atoms with Crippen molar-refractivity contribution in [1.82, 2.24) is 10.2 Å². The van der Waals surface area contributed by atoms with Crippen molar-refractivity contribution in [2.45, 2.75) is 57.7 Å². The molecule has 0 radical (unpaired) electrons. The van der Waals surface area contributed by atoms with Crippen molar-refractivity contribution in [2.24, 2.45) is 11.7 Å². The molecule has 1 aliphatic carbocycles. The lowest BCUT2D eigenvalue weighted by atomic mass is 9.82. The Morgan fingerprint density at radius 2 is 1.85 bits per heavy atom. The molecule has 2 amide bonds. The molecule has 1 aliphatic rings. The number of carbonyl (C=O) groups excluding carboxylic acids is 2. The standard InChI is InChI=1S/C14H27N3O3/c1-14(2,3)20-13(19)16-11-7-6-9(8-10(11)15)12(18)17(4)5/h9-11H,6-8,15H2,1-5H3,(H,16,19)/t9-,10+,11+/m0/s1. The maximum absolute atomic E-state index is 11.9. The summed E-state index contributed by atoms with van der Waals surface area (Å²) in [6, 6.07) is -0.346. The minimum absolute atomic E-state index is 0.0447. The number of carbonyl (C=O) groups is 2. The molecule has 1 saturated carbocycles. The van der Waals surface area contributed by atoms with E-state index in [-0.39, 0.29) is 23.9 Å². The number of nitrogens with one attached hydrogen (secondary N) is 1. The fraction of sp³-hybridized carbons (Fsp3) is 0.857. The van der Waals surface area contributed by atoms with Gasteiger partial charge in [-0.3, -0.25) is 4.79 Å². The summed E-state index contributed by atoms with van der Waals surface area (Å²) < 4.78 is 5.22. The lowest BCUT2D eigenvalue weighted by molar-refractivity contribution is -0.134. The topological polar surface area (TPSA) is 84.7 Å². The van der Waals surface area contributed by atoms with Crippen LogP contribution in [0, 0.1) is 5.92 Å². The maximum Gasteiger partial charge on any atom is 0.407 e. The first-order chi connectivity index (χ1) is 9.10. The zero-order valence-corrected chi connectivity index (χ0v) is 13.1. The molecule has 116 valence electrons. The molecule has 0 aromatic rings. The van der Waals surface area contributed by atoms with E-state index in [1.807, 2.05) is 20.8 Å². The molecule has 3 N–H and O–H groups in total. The Balaban J connectivity index is 2.49. The Labute approximate surface area is 121 Å². The molecule has 1 fully saturated rings. The van der Waals surface area contributed by atoms with Gasteiger partial charge in [-0.2, -0.15) is 0 Å². The molecule has 0 aromatic heterocycles. The van der Waals surface area contributed by atoms with E-state index in [0.717, 1.165) is 6.42 Å². The second-order valence-electron chi connectivity index (χ2n) is 6.66. The van der Waals surface area contributed by atoms with Crippen molar-refractivity contribution in [3.8, 4) is 0 Å². The van der Waals surface area contributed by atoms with Gasteiger partial charge in [0.15, 0.2) is 0 Å². The number of nitrogens with two attached hydrogens (primary N) is 1. The molecule has 0 aliphatic heterocycles. The van der Waals surface area contributed by atoms with Crippen LogP contribution in [0.5, 0.6) is 0 Å². The van der Waals surface area contributed by atoms with Crippen molar-refractivity contribution in [3.05, 3.63) is 0 Å². The van der Waals surface area contributed by atoms with E-state index in [2.05, 4.69) is 5.32 Å².